The summed E-state index contributed by atoms with van der Waals surface area (Å²) in [7, 11) is 4.16. The molecule has 4 heterocycles. The van der Waals surface area contributed by atoms with E-state index in [1.54, 1.807) is 42.5 Å². The molecule has 3 aliphatic rings. The van der Waals surface area contributed by atoms with Crippen molar-refractivity contribution in [2.75, 3.05) is 58.1 Å². The molecule has 4 aromatic rings. The van der Waals surface area contributed by atoms with E-state index in [1.807, 2.05) is 9.58 Å². The first-order chi connectivity index (χ1) is 27.5. The van der Waals surface area contributed by atoms with Crippen molar-refractivity contribution in [1.29, 1.82) is 0 Å². The van der Waals surface area contributed by atoms with Gasteiger partial charge in [0.15, 0.2) is 5.69 Å². The molecule has 3 aromatic carbocycles. The summed E-state index contributed by atoms with van der Waals surface area (Å²) in [6, 6.07) is 14.6. The van der Waals surface area contributed by atoms with Gasteiger partial charge in [0.2, 0.25) is 0 Å². The minimum absolute atomic E-state index is 0.0178. The third-order valence-corrected chi connectivity index (χ3v) is 11.9. The summed E-state index contributed by atoms with van der Waals surface area (Å²) in [6.45, 7) is 3.26. The van der Waals surface area contributed by atoms with Crippen molar-refractivity contribution in [2.24, 2.45) is 11.8 Å². The summed E-state index contributed by atoms with van der Waals surface area (Å²) in [4.78, 5) is 55.4. The lowest BCUT2D eigenvalue weighted by Gasteiger charge is -2.31. The van der Waals surface area contributed by atoms with Crippen LogP contribution >= 0.6 is 23.2 Å². The Morgan fingerprint density at radius 3 is 2.09 bits per heavy atom. The zero-order valence-electron chi connectivity index (χ0n) is 31.8. The number of methoxy groups -OCH3 is 3. The molecule has 0 bridgehead atoms. The molecule has 16 heteroatoms. The fraction of sp³-hybridized carbons (Fsp3) is 0.390. The number of halogens is 3. The van der Waals surface area contributed by atoms with E-state index in [-0.39, 0.29) is 74.7 Å². The van der Waals surface area contributed by atoms with Crippen LogP contribution in [0.4, 0.5) is 15.8 Å². The predicted octanol–water partition coefficient (Wildman–Crippen LogP) is 6.83. The third kappa shape index (κ3) is 8.36. The van der Waals surface area contributed by atoms with Gasteiger partial charge in [-0.05, 0) is 69.1 Å². The molecule has 0 radical (unpaired) electrons. The molecular formula is C41H43Cl2FN6O7. The van der Waals surface area contributed by atoms with E-state index in [1.165, 1.54) is 27.4 Å². The minimum atomic E-state index is -0.623. The zero-order valence-corrected chi connectivity index (χ0v) is 33.3. The molecule has 3 aliphatic heterocycles. The van der Waals surface area contributed by atoms with Crippen molar-refractivity contribution in [1.82, 2.24) is 19.6 Å². The molecule has 1 unspecified atom stereocenters. The molecule has 7 rings (SSSR count). The number of aryl methyl sites for hydroxylation is 1. The highest BCUT2D eigenvalue weighted by Gasteiger charge is 2.37. The van der Waals surface area contributed by atoms with Crippen LogP contribution in [0.3, 0.4) is 0 Å². The summed E-state index contributed by atoms with van der Waals surface area (Å²) in [6.07, 6.45) is 3.12. The first-order valence-corrected chi connectivity index (χ1v) is 19.5. The molecule has 2 fully saturated rings. The molecule has 1 aromatic heterocycles. The number of hydrogen-bond acceptors (Lipinski definition) is 10. The number of nitrogens with one attached hydrogen (secondary N) is 2. The molecule has 2 amide bonds. The van der Waals surface area contributed by atoms with E-state index in [0.717, 1.165) is 37.6 Å². The molecule has 13 nitrogen and oxygen atoms in total. The second kappa shape index (κ2) is 17.2. The molecule has 0 saturated carbocycles. The summed E-state index contributed by atoms with van der Waals surface area (Å²) < 4.78 is 32.7. The maximum Gasteiger partial charge on any atom is 0.310 e. The Kier molecular flexibility index (Phi) is 12.1. The van der Waals surface area contributed by atoms with E-state index in [9.17, 15) is 19.2 Å². The van der Waals surface area contributed by atoms with Crippen LogP contribution in [-0.2, 0) is 32.2 Å². The average Bonchev–Trinajstić information content (AvgIpc) is 4.00. The monoisotopic (exact) mass is 820 g/mol. The lowest BCUT2D eigenvalue weighted by Crippen LogP contribution is -2.32. The number of ether oxygens (including phenoxy) is 3. The summed E-state index contributed by atoms with van der Waals surface area (Å²) in [5, 5.41) is 10.7. The van der Waals surface area contributed by atoms with Crippen LogP contribution in [0.15, 0.2) is 54.6 Å². The average molecular weight is 822 g/mol. The van der Waals surface area contributed by atoms with Gasteiger partial charge >= 0.3 is 11.9 Å². The fourth-order valence-electron chi connectivity index (χ4n) is 8.06. The van der Waals surface area contributed by atoms with E-state index in [2.05, 4.69) is 20.6 Å². The first kappa shape index (κ1) is 40.2. The lowest BCUT2D eigenvalue weighted by atomic mass is 10.0. The van der Waals surface area contributed by atoms with Gasteiger partial charge < -0.3 is 24.8 Å². The highest BCUT2D eigenvalue weighted by Crippen LogP contribution is 2.41. The molecule has 0 aliphatic carbocycles. The van der Waals surface area contributed by atoms with Crippen LogP contribution in [0.25, 0.3) is 11.1 Å². The fourth-order valence-corrected chi connectivity index (χ4v) is 8.61. The van der Waals surface area contributed by atoms with Crippen LogP contribution in [-0.4, -0.2) is 90.8 Å². The number of likely N-dealkylation sites (tertiary alicyclic amines) is 2. The quantitative estimate of drug-likeness (QED) is 0.155. The van der Waals surface area contributed by atoms with Crippen molar-refractivity contribution >= 4 is 58.3 Å². The van der Waals surface area contributed by atoms with Crippen molar-refractivity contribution < 1.29 is 37.8 Å². The third-order valence-electron chi connectivity index (χ3n) is 11.0. The molecule has 0 spiro atoms. The summed E-state index contributed by atoms with van der Waals surface area (Å²) in [5.41, 5.74) is 3.05. The van der Waals surface area contributed by atoms with Gasteiger partial charge in [-0.25, -0.2) is 4.39 Å². The van der Waals surface area contributed by atoms with Gasteiger partial charge in [0.05, 0.1) is 66.3 Å². The number of nitrogens with zero attached hydrogens (tertiary/aromatic N) is 4. The van der Waals surface area contributed by atoms with Crippen molar-refractivity contribution in [2.45, 2.75) is 44.8 Å². The number of carbonyl (C=O) groups excluding carboxylic acids is 4. The van der Waals surface area contributed by atoms with Gasteiger partial charge in [-0.1, -0.05) is 47.5 Å². The number of hydrogen-bond donors (Lipinski definition) is 2. The van der Waals surface area contributed by atoms with Gasteiger partial charge in [0.1, 0.15) is 11.6 Å². The molecule has 3 atom stereocenters. The van der Waals surface area contributed by atoms with Crippen LogP contribution in [0.5, 0.6) is 5.75 Å². The number of rotatable bonds is 11. The Hall–Kier alpha value is -5.02. The maximum atomic E-state index is 15.5. The van der Waals surface area contributed by atoms with Gasteiger partial charge in [-0.15, -0.1) is 0 Å². The van der Waals surface area contributed by atoms with Crippen molar-refractivity contribution in [3.63, 3.8) is 0 Å². The first-order valence-electron chi connectivity index (χ1n) is 18.8. The topological polar surface area (TPSA) is 144 Å². The number of esters is 2. The van der Waals surface area contributed by atoms with E-state index in [4.69, 9.17) is 37.4 Å². The Labute approximate surface area is 339 Å². The van der Waals surface area contributed by atoms with E-state index in [0.29, 0.717) is 49.4 Å². The van der Waals surface area contributed by atoms with Crippen molar-refractivity contribution in [3.05, 3.63) is 93.0 Å². The summed E-state index contributed by atoms with van der Waals surface area (Å²) in [5.74, 6) is -2.42. The van der Waals surface area contributed by atoms with Crippen LogP contribution < -0.4 is 15.4 Å². The number of benzene rings is 3. The van der Waals surface area contributed by atoms with Gasteiger partial charge in [0.25, 0.3) is 11.8 Å². The molecule has 57 heavy (non-hydrogen) atoms. The Morgan fingerprint density at radius 1 is 0.807 bits per heavy atom. The smallest absolute Gasteiger partial charge is 0.310 e. The predicted molar refractivity (Wildman–Crippen MR) is 212 cm³/mol. The second-order valence-electron chi connectivity index (χ2n) is 14.5. The SMILES string of the molecule is COC(=O)[C@@H]1CCN(Cc2c(F)cc(C(=O)Nc3cccc(-c4cccc(NC(=O)c5cc6n(n5)CCCC6N5CC[C@@H](C(=O)OC)C5)c4Cl)c3Cl)cc2OC)C1. The number of fused-ring (bicyclic) bond motifs is 1. The maximum absolute atomic E-state index is 15.5. The van der Waals surface area contributed by atoms with Crippen LogP contribution in [0.1, 0.15) is 63.8 Å². The van der Waals surface area contributed by atoms with Gasteiger partial charge in [0, 0.05) is 48.4 Å². The largest absolute Gasteiger partial charge is 0.496 e. The van der Waals surface area contributed by atoms with Crippen molar-refractivity contribution in [3.8, 4) is 16.9 Å². The van der Waals surface area contributed by atoms with Gasteiger partial charge in [-0.2, -0.15) is 5.10 Å². The number of aromatic nitrogens is 2. The number of carbonyl (C=O) groups is 4. The Bertz CT molecular complexity index is 2220. The standard InChI is InChI=1S/C41H43Cl2FN6O7/c1-55-35-18-25(17-29(44)28(35)22-48-15-12-23(20-48)40(53)56-2)38(51)45-30-9-4-7-26(36(30)42)27-8-5-10-31(37(27)43)46-39(52)32-19-34-33(11-6-14-50(34)47-32)49-16-13-24(21-49)41(54)57-3/h4-5,7-10,17-19,23-24,33H,6,11-16,20-22H2,1-3H3,(H,45,51)(H,46,52)/t23-,24-,33?/m1/s1. The van der Waals surface area contributed by atoms with E-state index < -0.39 is 17.6 Å². The van der Waals surface area contributed by atoms with Crippen LogP contribution in [0, 0.1) is 17.7 Å². The normalized spacial score (nSPS) is 19.5. The van der Waals surface area contributed by atoms with Gasteiger partial charge in [-0.3, -0.25) is 33.7 Å². The molecule has 2 saturated heterocycles. The highest BCUT2D eigenvalue weighted by molar-refractivity contribution is 6.40. The van der Waals surface area contributed by atoms with E-state index >= 15 is 4.39 Å². The highest BCUT2D eigenvalue weighted by atomic mass is 35.5. The summed E-state index contributed by atoms with van der Waals surface area (Å²) >= 11 is 13.8. The Balaban J connectivity index is 1.05. The zero-order chi connectivity index (χ0) is 40.4. The Morgan fingerprint density at radius 2 is 1.44 bits per heavy atom. The minimum Gasteiger partial charge on any atom is -0.496 e. The lowest BCUT2D eigenvalue weighted by molar-refractivity contribution is -0.145. The molecular weight excluding hydrogens is 778 g/mol. The molecule has 300 valence electrons. The number of amides is 2. The second-order valence-corrected chi connectivity index (χ2v) is 15.2. The molecule has 2 N–H and O–H groups in total. The van der Waals surface area contributed by atoms with Crippen LogP contribution in [0.2, 0.25) is 10.0 Å². The number of anilines is 2.